The predicted octanol–water partition coefficient (Wildman–Crippen LogP) is 6.74. The van der Waals surface area contributed by atoms with E-state index < -0.39 is 5.60 Å². The van der Waals surface area contributed by atoms with Crippen LogP contribution in [0.1, 0.15) is 114 Å². The summed E-state index contributed by atoms with van der Waals surface area (Å²) >= 11 is 0. The van der Waals surface area contributed by atoms with Gasteiger partial charge < -0.3 is 9.84 Å². The average molecular weight is 343 g/mol. The first-order valence-electron chi connectivity index (χ1n) is 10.7. The Morgan fingerprint density at radius 1 is 0.708 bits per heavy atom. The Morgan fingerprint density at radius 3 is 1.38 bits per heavy atom. The molecule has 0 aromatic carbocycles. The zero-order valence-corrected chi connectivity index (χ0v) is 18.2. The lowest BCUT2D eigenvalue weighted by Gasteiger charge is -2.56. The quantitative estimate of drug-likeness (QED) is 0.401. The third-order valence-electron chi connectivity index (χ3n) is 7.49. The highest BCUT2D eigenvalue weighted by Crippen LogP contribution is 2.54. The molecule has 0 aliphatic heterocycles. The molecule has 2 nitrogen and oxygen atoms in total. The maximum absolute atomic E-state index is 11.6. The first-order valence-corrected chi connectivity index (χ1v) is 10.7. The molecule has 0 saturated carbocycles. The second kappa shape index (κ2) is 10.2. The van der Waals surface area contributed by atoms with E-state index >= 15 is 0 Å². The fourth-order valence-corrected chi connectivity index (χ4v) is 5.30. The van der Waals surface area contributed by atoms with E-state index in [2.05, 4.69) is 62.3 Å². The fourth-order valence-electron chi connectivity index (χ4n) is 5.30. The molecule has 0 bridgehead atoms. The van der Waals surface area contributed by atoms with E-state index in [9.17, 15) is 5.11 Å². The van der Waals surface area contributed by atoms with Gasteiger partial charge in [0.05, 0.1) is 17.3 Å². The molecule has 1 unspecified atom stereocenters. The second-order valence-electron chi connectivity index (χ2n) is 7.65. The first kappa shape index (κ1) is 23.9. The van der Waals surface area contributed by atoms with Gasteiger partial charge in [0.15, 0.2) is 0 Å². The highest BCUT2D eigenvalue weighted by Gasteiger charge is 2.55. The van der Waals surface area contributed by atoms with Crippen molar-refractivity contribution in [1.82, 2.24) is 0 Å². The molecule has 24 heavy (non-hydrogen) atoms. The van der Waals surface area contributed by atoms with Gasteiger partial charge in [-0.15, -0.1) is 0 Å². The summed E-state index contributed by atoms with van der Waals surface area (Å²) in [5.74, 6) is 0.320. The van der Waals surface area contributed by atoms with Crippen molar-refractivity contribution >= 4 is 0 Å². The van der Waals surface area contributed by atoms with Gasteiger partial charge >= 0.3 is 0 Å². The molecule has 0 radical (unpaired) electrons. The van der Waals surface area contributed by atoms with E-state index in [4.69, 9.17) is 4.74 Å². The summed E-state index contributed by atoms with van der Waals surface area (Å²) in [5.41, 5.74) is -0.877. The molecule has 0 saturated heterocycles. The molecule has 1 atom stereocenters. The van der Waals surface area contributed by atoms with E-state index in [1.165, 1.54) is 0 Å². The van der Waals surface area contributed by atoms with Crippen LogP contribution < -0.4 is 0 Å². The molecule has 0 aliphatic carbocycles. The van der Waals surface area contributed by atoms with Crippen LogP contribution in [0, 0.1) is 11.3 Å². The minimum atomic E-state index is -0.622. The number of rotatable bonds is 13. The van der Waals surface area contributed by atoms with Gasteiger partial charge in [0.1, 0.15) is 0 Å². The lowest BCUT2D eigenvalue weighted by Crippen LogP contribution is -2.58. The summed E-state index contributed by atoms with van der Waals surface area (Å²) in [5, 5.41) is 11.6. The average Bonchev–Trinajstić information content (AvgIpc) is 2.64. The first-order chi connectivity index (χ1) is 11.3. The Bertz CT molecular complexity index is 321. The van der Waals surface area contributed by atoms with Crippen molar-refractivity contribution < 1.29 is 9.84 Å². The monoisotopic (exact) mass is 342 g/mol. The highest BCUT2D eigenvalue weighted by molar-refractivity contribution is 5.05. The van der Waals surface area contributed by atoms with Crippen LogP contribution in [-0.2, 0) is 4.74 Å². The second-order valence-corrected chi connectivity index (χ2v) is 7.65. The summed E-state index contributed by atoms with van der Waals surface area (Å²) in [4.78, 5) is 0. The Kier molecular flexibility index (Phi) is 10.1. The number of hydrogen-bond acceptors (Lipinski definition) is 2. The van der Waals surface area contributed by atoms with Crippen LogP contribution in [-0.4, -0.2) is 22.4 Å². The van der Waals surface area contributed by atoms with Gasteiger partial charge in [-0.25, -0.2) is 0 Å². The van der Waals surface area contributed by atoms with Crippen molar-refractivity contribution in [2.24, 2.45) is 11.3 Å². The van der Waals surface area contributed by atoms with Gasteiger partial charge in [0.2, 0.25) is 0 Å². The zero-order chi connectivity index (χ0) is 19.0. The minimum absolute atomic E-state index is 0.103. The summed E-state index contributed by atoms with van der Waals surface area (Å²) in [6.07, 6.45) is 8.06. The Morgan fingerprint density at radius 2 is 1.12 bits per heavy atom. The summed E-state index contributed by atoms with van der Waals surface area (Å²) in [6, 6.07) is 0. The van der Waals surface area contributed by atoms with E-state index in [1.54, 1.807) is 0 Å². The van der Waals surface area contributed by atoms with Gasteiger partial charge in [0.25, 0.3) is 0 Å². The molecule has 0 aliphatic rings. The van der Waals surface area contributed by atoms with Crippen LogP contribution in [0.25, 0.3) is 0 Å². The molecule has 0 heterocycles. The van der Waals surface area contributed by atoms with Gasteiger partial charge in [-0.3, -0.25) is 0 Å². The molecule has 0 fully saturated rings. The molecular weight excluding hydrogens is 296 g/mol. The minimum Gasteiger partial charge on any atom is -0.389 e. The van der Waals surface area contributed by atoms with E-state index in [0.717, 1.165) is 51.4 Å². The lowest BCUT2D eigenvalue weighted by molar-refractivity contribution is -0.209. The van der Waals surface area contributed by atoms with Crippen molar-refractivity contribution in [2.75, 3.05) is 0 Å². The van der Waals surface area contributed by atoms with Crippen LogP contribution in [0.2, 0.25) is 0 Å². The molecule has 1 N–H and O–H groups in total. The molecular formula is C22H46O2. The van der Waals surface area contributed by atoms with Gasteiger partial charge in [-0.05, 0) is 57.3 Å². The normalized spacial score (nSPS) is 15.1. The molecule has 0 aromatic heterocycles. The Balaban J connectivity index is 6.07. The molecule has 0 spiro atoms. The van der Waals surface area contributed by atoms with Crippen LogP contribution in [0.4, 0.5) is 0 Å². The third kappa shape index (κ3) is 4.18. The predicted molar refractivity (Wildman–Crippen MR) is 106 cm³/mol. The van der Waals surface area contributed by atoms with Crippen molar-refractivity contribution in [1.29, 1.82) is 0 Å². The SMILES string of the molecule is CCC(CC)OC(CC)(CC)C(C)C(CC)(CC)C(O)(CC)CC. The fraction of sp³-hybridized carbons (Fsp3) is 1.00. The smallest absolute Gasteiger partial charge is 0.0712 e. The summed E-state index contributed by atoms with van der Waals surface area (Å²) < 4.78 is 6.78. The topological polar surface area (TPSA) is 29.5 Å². The Hall–Kier alpha value is -0.0800. The van der Waals surface area contributed by atoms with Crippen molar-refractivity contribution in [3.63, 3.8) is 0 Å². The zero-order valence-electron chi connectivity index (χ0n) is 18.2. The van der Waals surface area contributed by atoms with Gasteiger partial charge in [-0.1, -0.05) is 62.3 Å². The molecule has 0 rings (SSSR count). The van der Waals surface area contributed by atoms with Gasteiger partial charge in [0, 0.05) is 5.41 Å². The van der Waals surface area contributed by atoms with E-state index in [-0.39, 0.29) is 11.0 Å². The maximum Gasteiger partial charge on any atom is 0.0712 e. The molecule has 0 aromatic rings. The molecule has 146 valence electrons. The summed E-state index contributed by atoms with van der Waals surface area (Å²) in [6.45, 7) is 20.1. The third-order valence-corrected chi connectivity index (χ3v) is 7.49. The maximum atomic E-state index is 11.6. The van der Waals surface area contributed by atoms with Crippen molar-refractivity contribution in [3.05, 3.63) is 0 Å². The Labute approximate surface area is 152 Å². The standard InChI is InChI=1S/C22H46O2/c1-10-19(11-2)24-21(14-5,15-6)18(9)20(12-3,13-4)22(23,16-7)17-8/h18-19,23H,10-17H2,1-9H3. The van der Waals surface area contributed by atoms with E-state index in [1.807, 2.05) is 0 Å². The number of aliphatic hydroxyl groups is 1. The van der Waals surface area contributed by atoms with Crippen molar-refractivity contribution in [2.45, 2.75) is 131 Å². The van der Waals surface area contributed by atoms with Crippen LogP contribution >= 0.6 is 0 Å². The van der Waals surface area contributed by atoms with Crippen molar-refractivity contribution in [3.8, 4) is 0 Å². The lowest BCUT2D eigenvalue weighted by atomic mass is 9.54. The number of hydrogen-bond donors (Lipinski definition) is 1. The number of ether oxygens (including phenoxy) is 1. The van der Waals surface area contributed by atoms with Crippen LogP contribution in [0.15, 0.2) is 0 Å². The van der Waals surface area contributed by atoms with Crippen LogP contribution in [0.3, 0.4) is 0 Å². The largest absolute Gasteiger partial charge is 0.389 e. The van der Waals surface area contributed by atoms with E-state index in [0.29, 0.717) is 12.0 Å². The van der Waals surface area contributed by atoms with Crippen LogP contribution in [0.5, 0.6) is 0 Å². The summed E-state index contributed by atoms with van der Waals surface area (Å²) in [7, 11) is 0. The highest BCUT2D eigenvalue weighted by atomic mass is 16.5. The molecule has 0 amide bonds. The molecule has 2 heteroatoms. The van der Waals surface area contributed by atoms with Gasteiger partial charge in [-0.2, -0.15) is 0 Å².